The van der Waals surface area contributed by atoms with Gasteiger partial charge in [0.1, 0.15) is 6.04 Å². The molecule has 11 heavy (non-hydrogen) atoms. The van der Waals surface area contributed by atoms with Gasteiger partial charge < -0.3 is 16.2 Å². The van der Waals surface area contributed by atoms with Gasteiger partial charge in [-0.3, -0.25) is 4.79 Å². The summed E-state index contributed by atoms with van der Waals surface area (Å²) in [5, 5.41) is 11.4. The van der Waals surface area contributed by atoms with Crippen molar-refractivity contribution in [3.63, 3.8) is 0 Å². The first-order chi connectivity index (χ1) is 5.22. The molecule has 1 atom stereocenters. The lowest BCUT2D eigenvalue weighted by Gasteiger charge is -2.10. The van der Waals surface area contributed by atoms with Crippen LogP contribution in [0.15, 0.2) is 12.7 Å². The molecule has 0 saturated heterocycles. The summed E-state index contributed by atoms with van der Waals surface area (Å²) >= 11 is 0. The highest BCUT2D eigenvalue weighted by Gasteiger charge is 2.13. The van der Waals surface area contributed by atoms with Crippen molar-refractivity contribution in [3.8, 4) is 0 Å². The van der Waals surface area contributed by atoms with Crippen LogP contribution in [0.3, 0.4) is 0 Å². The van der Waals surface area contributed by atoms with Crippen LogP contribution in [0.1, 0.15) is 6.42 Å². The summed E-state index contributed by atoms with van der Waals surface area (Å²) in [5.41, 5.74) is 5.21. The smallest absolute Gasteiger partial charge is 0.320 e. The number of nitrogens with one attached hydrogen (secondary N) is 1. The van der Waals surface area contributed by atoms with E-state index in [0.717, 1.165) is 0 Å². The molecule has 0 aliphatic rings. The van der Waals surface area contributed by atoms with Gasteiger partial charge in [-0.1, -0.05) is 6.08 Å². The molecule has 4 N–H and O–H groups in total. The van der Waals surface area contributed by atoms with Crippen LogP contribution in [0.2, 0.25) is 0 Å². The van der Waals surface area contributed by atoms with E-state index in [1.165, 1.54) is 0 Å². The van der Waals surface area contributed by atoms with Crippen LogP contribution in [-0.2, 0) is 4.79 Å². The fourth-order valence-corrected chi connectivity index (χ4v) is 0.705. The van der Waals surface area contributed by atoms with Crippen LogP contribution in [0.4, 0.5) is 0 Å². The molecule has 0 bridgehead atoms. The highest BCUT2D eigenvalue weighted by Crippen LogP contribution is 1.89. The van der Waals surface area contributed by atoms with Crippen molar-refractivity contribution in [1.29, 1.82) is 0 Å². The molecule has 64 valence electrons. The molecule has 0 aromatic heterocycles. The quantitative estimate of drug-likeness (QED) is 0.458. The molecule has 0 heterocycles. The number of rotatable bonds is 6. The van der Waals surface area contributed by atoms with E-state index in [1.807, 2.05) is 0 Å². The first-order valence-corrected chi connectivity index (χ1v) is 3.49. The Balaban J connectivity index is 3.68. The summed E-state index contributed by atoms with van der Waals surface area (Å²) in [6.07, 6.45) is 2.07. The van der Waals surface area contributed by atoms with Crippen LogP contribution in [0.25, 0.3) is 0 Å². The number of aliphatic carboxylic acids is 1. The number of nitrogens with two attached hydrogens (primary N) is 1. The maximum Gasteiger partial charge on any atom is 0.320 e. The van der Waals surface area contributed by atoms with Gasteiger partial charge in [-0.15, -0.1) is 6.58 Å². The third-order valence-electron chi connectivity index (χ3n) is 1.26. The Morgan fingerprint density at radius 3 is 2.82 bits per heavy atom. The van der Waals surface area contributed by atoms with Crippen molar-refractivity contribution in [1.82, 2.24) is 5.32 Å². The van der Waals surface area contributed by atoms with E-state index in [9.17, 15) is 4.79 Å². The zero-order valence-corrected chi connectivity index (χ0v) is 6.42. The summed E-state index contributed by atoms with van der Waals surface area (Å²) < 4.78 is 0. The molecule has 0 aromatic carbocycles. The predicted octanol–water partition coefficient (Wildman–Crippen LogP) is -0.436. The maximum absolute atomic E-state index is 10.4. The van der Waals surface area contributed by atoms with Crippen molar-refractivity contribution < 1.29 is 9.90 Å². The average Bonchev–Trinajstić information content (AvgIpc) is 1.97. The summed E-state index contributed by atoms with van der Waals surface area (Å²) in [6.45, 7) is 4.34. The Labute approximate surface area is 66.1 Å². The van der Waals surface area contributed by atoms with Crippen molar-refractivity contribution in [2.24, 2.45) is 5.73 Å². The minimum atomic E-state index is -0.864. The molecule has 0 spiro atoms. The summed E-state index contributed by atoms with van der Waals surface area (Å²) in [5.74, 6) is -0.864. The van der Waals surface area contributed by atoms with Gasteiger partial charge in [0.25, 0.3) is 0 Å². The third-order valence-corrected chi connectivity index (χ3v) is 1.26. The zero-order valence-electron chi connectivity index (χ0n) is 6.42. The van der Waals surface area contributed by atoms with E-state index in [2.05, 4.69) is 11.9 Å². The van der Waals surface area contributed by atoms with Gasteiger partial charge in [0.15, 0.2) is 0 Å². The van der Waals surface area contributed by atoms with Gasteiger partial charge >= 0.3 is 5.97 Å². The number of carboxylic acids is 1. The lowest BCUT2D eigenvalue weighted by Crippen LogP contribution is -2.38. The lowest BCUT2D eigenvalue weighted by atomic mass is 10.2. The SMILES string of the molecule is C=CCN[C@@H](CCN)C(=O)O. The van der Waals surface area contributed by atoms with E-state index < -0.39 is 12.0 Å². The number of carbonyl (C=O) groups is 1. The molecule has 4 heteroatoms. The Kier molecular flexibility index (Phi) is 5.42. The molecule has 0 aliphatic carbocycles. The van der Waals surface area contributed by atoms with Crippen molar-refractivity contribution >= 4 is 5.97 Å². The Morgan fingerprint density at radius 2 is 2.45 bits per heavy atom. The monoisotopic (exact) mass is 158 g/mol. The minimum absolute atomic E-state index is 0.376. The Morgan fingerprint density at radius 1 is 1.82 bits per heavy atom. The second kappa shape index (κ2) is 5.88. The molecule has 0 aromatic rings. The number of carboxylic acid groups (broad SMARTS) is 1. The first kappa shape index (κ1) is 10.1. The molecule has 0 fully saturated rings. The lowest BCUT2D eigenvalue weighted by molar-refractivity contribution is -0.139. The topological polar surface area (TPSA) is 75.3 Å². The molecule has 0 amide bonds. The van der Waals surface area contributed by atoms with Crippen molar-refractivity contribution in [2.45, 2.75) is 12.5 Å². The van der Waals surface area contributed by atoms with Gasteiger partial charge in [0.2, 0.25) is 0 Å². The molecule has 0 rings (SSSR count). The van der Waals surface area contributed by atoms with E-state index in [4.69, 9.17) is 10.8 Å². The Bertz CT molecular complexity index is 136. The average molecular weight is 158 g/mol. The van der Waals surface area contributed by atoms with E-state index in [0.29, 0.717) is 19.5 Å². The molecular weight excluding hydrogens is 144 g/mol. The minimum Gasteiger partial charge on any atom is -0.480 e. The van der Waals surface area contributed by atoms with Crippen LogP contribution in [0, 0.1) is 0 Å². The van der Waals surface area contributed by atoms with E-state index >= 15 is 0 Å². The van der Waals surface area contributed by atoms with Crippen molar-refractivity contribution in [2.75, 3.05) is 13.1 Å². The molecule has 4 nitrogen and oxygen atoms in total. The van der Waals surface area contributed by atoms with Crippen LogP contribution in [0.5, 0.6) is 0 Å². The van der Waals surface area contributed by atoms with Gasteiger partial charge in [-0.25, -0.2) is 0 Å². The zero-order chi connectivity index (χ0) is 8.69. The predicted molar refractivity (Wildman–Crippen MR) is 43.3 cm³/mol. The molecule has 0 saturated carbocycles. The van der Waals surface area contributed by atoms with Crippen LogP contribution >= 0.6 is 0 Å². The fourth-order valence-electron chi connectivity index (χ4n) is 0.705. The van der Waals surface area contributed by atoms with E-state index in [1.54, 1.807) is 6.08 Å². The molecule has 0 radical (unpaired) electrons. The molecular formula is C7H14N2O2. The summed E-state index contributed by atoms with van der Waals surface area (Å²) in [4.78, 5) is 10.4. The third kappa shape index (κ3) is 4.52. The first-order valence-electron chi connectivity index (χ1n) is 3.49. The highest BCUT2D eigenvalue weighted by molar-refractivity contribution is 5.73. The fraction of sp³-hybridized carbons (Fsp3) is 0.571. The summed E-state index contributed by atoms with van der Waals surface area (Å²) in [6, 6.07) is -0.544. The highest BCUT2D eigenvalue weighted by atomic mass is 16.4. The van der Waals surface area contributed by atoms with E-state index in [-0.39, 0.29) is 0 Å². The number of hydrogen-bond donors (Lipinski definition) is 3. The second-order valence-electron chi connectivity index (χ2n) is 2.17. The van der Waals surface area contributed by atoms with Gasteiger partial charge in [-0.2, -0.15) is 0 Å². The van der Waals surface area contributed by atoms with Gasteiger partial charge in [0.05, 0.1) is 0 Å². The molecule has 0 unspecified atom stereocenters. The van der Waals surface area contributed by atoms with Crippen LogP contribution in [-0.4, -0.2) is 30.2 Å². The molecule has 0 aliphatic heterocycles. The van der Waals surface area contributed by atoms with Crippen LogP contribution < -0.4 is 11.1 Å². The maximum atomic E-state index is 10.4. The number of hydrogen-bond acceptors (Lipinski definition) is 3. The Hall–Kier alpha value is -0.870. The van der Waals surface area contributed by atoms with Crippen molar-refractivity contribution in [3.05, 3.63) is 12.7 Å². The van der Waals surface area contributed by atoms with Gasteiger partial charge in [0, 0.05) is 6.54 Å². The second-order valence-corrected chi connectivity index (χ2v) is 2.17. The van der Waals surface area contributed by atoms with Gasteiger partial charge in [-0.05, 0) is 13.0 Å². The largest absolute Gasteiger partial charge is 0.480 e. The normalized spacial score (nSPS) is 12.5. The standard InChI is InChI=1S/C7H14N2O2/c1-2-5-9-6(3-4-8)7(10)11/h2,6,9H,1,3-5,8H2,(H,10,11)/t6-/m0/s1. The summed E-state index contributed by atoms with van der Waals surface area (Å²) in [7, 11) is 0.